The predicted octanol–water partition coefficient (Wildman–Crippen LogP) is 7.82. The Hall–Kier alpha value is -3.43. The van der Waals surface area contributed by atoms with Crippen LogP contribution in [0.5, 0.6) is 0 Å². The second kappa shape index (κ2) is 10.7. The summed E-state index contributed by atoms with van der Waals surface area (Å²) in [5.74, 6) is 0. The number of alkyl halides is 2. The van der Waals surface area contributed by atoms with Gasteiger partial charge in [-0.25, -0.2) is 27.9 Å². The molecule has 1 amide bonds. The largest absolute Gasteiger partial charge is 0.465 e. The molecule has 0 atom stereocenters. The SMILES string of the molecule is CC(C)(C)c1c(-c2cc(Cl)ccc2C(F)F)n(C(=O)O)c2nc(Cl)ccc12.O=C(O)N1C=CC=CC1. The Morgan fingerprint density at radius 2 is 1.75 bits per heavy atom. The fraction of sp³-hybridized carbons (Fsp3) is 0.240. The summed E-state index contributed by atoms with van der Waals surface area (Å²) in [5, 5.41) is 19.1. The summed E-state index contributed by atoms with van der Waals surface area (Å²) in [6, 6.07) is 7.11. The number of pyridine rings is 1. The van der Waals surface area contributed by atoms with E-state index in [9.17, 15) is 23.5 Å². The third kappa shape index (κ3) is 5.68. The number of benzene rings is 1. The third-order valence-electron chi connectivity index (χ3n) is 5.29. The minimum absolute atomic E-state index is 0.0546. The molecule has 0 saturated heterocycles. The van der Waals surface area contributed by atoms with Gasteiger partial charge in [-0.05, 0) is 41.3 Å². The standard InChI is InChI=1S/C19H16Cl2F2N2O2.C6H7NO2/c1-19(2,3)14-11-6-7-13(21)24-17(11)25(18(26)27)15(14)12-8-9(20)4-5-10(12)16(22)23;8-6(9)7-4-2-1-3-5-7/h4-8,16H,1-3H3,(H,26,27);1-4H,5H2,(H,8,9). The van der Waals surface area contributed by atoms with Crippen LogP contribution in [0, 0.1) is 0 Å². The molecule has 0 radical (unpaired) electrons. The van der Waals surface area contributed by atoms with E-state index in [1.54, 1.807) is 24.3 Å². The van der Waals surface area contributed by atoms with E-state index in [4.69, 9.17) is 28.3 Å². The number of allylic oxidation sites excluding steroid dienone is 2. The molecule has 11 heteroatoms. The van der Waals surface area contributed by atoms with Crippen molar-refractivity contribution in [1.29, 1.82) is 0 Å². The van der Waals surface area contributed by atoms with Crippen LogP contribution in [0.1, 0.15) is 38.3 Å². The van der Waals surface area contributed by atoms with Gasteiger partial charge in [-0.15, -0.1) is 0 Å². The average molecular weight is 538 g/mol. The van der Waals surface area contributed by atoms with Crippen molar-refractivity contribution in [2.45, 2.75) is 32.6 Å². The first kappa shape index (κ1) is 27.2. The number of amides is 1. The summed E-state index contributed by atoms with van der Waals surface area (Å²) in [5.41, 5.74) is -0.0212. The Labute approximate surface area is 215 Å². The smallest absolute Gasteiger partial charge is 0.417 e. The van der Waals surface area contributed by atoms with Crippen LogP contribution in [0.4, 0.5) is 18.4 Å². The molecule has 0 spiro atoms. The summed E-state index contributed by atoms with van der Waals surface area (Å²) in [6.45, 7) is 6.09. The average Bonchev–Trinajstić information content (AvgIpc) is 3.14. The van der Waals surface area contributed by atoms with Crippen molar-refractivity contribution in [3.05, 3.63) is 76.1 Å². The Morgan fingerprint density at radius 3 is 2.25 bits per heavy atom. The third-order valence-corrected chi connectivity index (χ3v) is 5.74. The molecular weight excluding hydrogens is 515 g/mol. The highest BCUT2D eigenvalue weighted by Gasteiger charge is 2.32. The van der Waals surface area contributed by atoms with Gasteiger partial charge in [0.25, 0.3) is 6.43 Å². The van der Waals surface area contributed by atoms with Gasteiger partial charge >= 0.3 is 12.2 Å². The molecule has 0 bridgehead atoms. The number of carbonyl (C=O) groups is 2. The van der Waals surface area contributed by atoms with Gasteiger partial charge in [-0.2, -0.15) is 0 Å². The van der Waals surface area contributed by atoms with Gasteiger partial charge in [0.1, 0.15) is 5.15 Å². The summed E-state index contributed by atoms with van der Waals surface area (Å²) in [7, 11) is 0. The zero-order valence-electron chi connectivity index (χ0n) is 19.5. The molecule has 0 fully saturated rings. The van der Waals surface area contributed by atoms with Crippen LogP contribution in [0.2, 0.25) is 10.2 Å². The molecule has 0 unspecified atom stereocenters. The molecule has 1 aliphatic rings. The summed E-state index contributed by atoms with van der Waals surface area (Å²) < 4.78 is 28.3. The maximum absolute atomic E-state index is 13.7. The zero-order chi connectivity index (χ0) is 26.8. The monoisotopic (exact) mass is 537 g/mol. The highest BCUT2D eigenvalue weighted by atomic mass is 35.5. The normalized spacial score (nSPS) is 13.2. The maximum atomic E-state index is 13.7. The molecule has 1 aromatic carbocycles. The Kier molecular flexibility index (Phi) is 8.05. The van der Waals surface area contributed by atoms with E-state index < -0.39 is 24.0 Å². The first-order valence-corrected chi connectivity index (χ1v) is 11.4. The fourth-order valence-corrected chi connectivity index (χ4v) is 4.19. The first-order valence-electron chi connectivity index (χ1n) is 10.7. The Balaban J connectivity index is 0.000000338. The number of nitrogens with zero attached hydrogens (tertiary/aromatic N) is 3. The van der Waals surface area contributed by atoms with E-state index in [-0.39, 0.29) is 32.6 Å². The molecule has 190 valence electrons. The number of rotatable bonds is 2. The van der Waals surface area contributed by atoms with E-state index in [2.05, 4.69) is 4.98 Å². The lowest BCUT2D eigenvalue weighted by atomic mass is 9.83. The number of hydrogen-bond acceptors (Lipinski definition) is 3. The van der Waals surface area contributed by atoms with Crippen LogP contribution >= 0.6 is 23.2 Å². The molecule has 0 aliphatic carbocycles. The first-order chi connectivity index (χ1) is 16.8. The molecule has 36 heavy (non-hydrogen) atoms. The minimum Gasteiger partial charge on any atom is -0.465 e. The topological polar surface area (TPSA) is 95.7 Å². The van der Waals surface area contributed by atoms with Gasteiger partial charge in [-0.3, -0.25) is 4.90 Å². The maximum Gasteiger partial charge on any atom is 0.417 e. The molecule has 7 nitrogen and oxygen atoms in total. The molecule has 3 heterocycles. The van der Waals surface area contributed by atoms with E-state index in [1.807, 2.05) is 26.8 Å². The van der Waals surface area contributed by atoms with E-state index >= 15 is 0 Å². The number of fused-ring (bicyclic) bond motifs is 1. The van der Waals surface area contributed by atoms with Crippen molar-refractivity contribution in [3.63, 3.8) is 0 Å². The van der Waals surface area contributed by atoms with Crippen molar-refractivity contribution in [2.75, 3.05) is 6.54 Å². The van der Waals surface area contributed by atoms with Crippen LogP contribution in [0.3, 0.4) is 0 Å². The van der Waals surface area contributed by atoms with Crippen molar-refractivity contribution in [3.8, 4) is 11.3 Å². The van der Waals surface area contributed by atoms with Gasteiger partial charge in [-0.1, -0.05) is 62.2 Å². The molecule has 2 aromatic heterocycles. The van der Waals surface area contributed by atoms with Crippen LogP contribution in [-0.2, 0) is 5.41 Å². The van der Waals surface area contributed by atoms with Gasteiger partial charge in [0.2, 0.25) is 0 Å². The molecule has 0 saturated carbocycles. The van der Waals surface area contributed by atoms with Crippen molar-refractivity contribution < 1.29 is 28.6 Å². The lowest BCUT2D eigenvalue weighted by Crippen LogP contribution is -2.24. The summed E-state index contributed by atoms with van der Waals surface area (Å²) in [4.78, 5) is 27.6. The lowest BCUT2D eigenvalue weighted by Gasteiger charge is -2.22. The Morgan fingerprint density at radius 1 is 1.06 bits per heavy atom. The quantitative estimate of drug-likeness (QED) is 0.325. The Bertz CT molecular complexity index is 1380. The van der Waals surface area contributed by atoms with E-state index in [0.717, 1.165) is 4.57 Å². The summed E-state index contributed by atoms with van der Waals surface area (Å²) >= 11 is 12.0. The van der Waals surface area contributed by atoms with Crippen LogP contribution < -0.4 is 0 Å². The van der Waals surface area contributed by atoms with Crippen LogP contribution in [0.25, 0.3) is 22.3 Å². The molecule has 1 aliphatic heterocycles. The molecule has 4 rings (SSSR count). The highest BCUT2D eigenvalue weighted by molar-refractivity contribution is 6.31. The van der Waals surface area contributed by atoms with Crippen molar-refractivity contribution in [2.24, 2.45) is 0 Å². The van der Waals surface area contributed by atoms with Gasteiger partial charge in [0.05, 0.1) is 5.69 Å². The second-order valence-electron chi connectivity index (χ2n) is 8.83. The van der Waals surface area contributed by atoms with Crippen LogP contribution in [-0.4, -0.2) is 43.4 Å². The van der Waals surface area contributed by atoms with Crippen molar-refractivity contribution >= 4 is 46.4 Å². The number of aromatic nitrogens is 2. The minimum atomic E-state index is -2.80. The number of halogens is 4. The molecule has 3 aromatic rings. The highest BCUT2D eigenvalue weighted by Crippen LogP contribution is 2.44. The number of hydrogen-bond donors (Lipinski definition) is 2. The zero-order valence-corrected chi connectivity index (χ0v) is 21.1. The molecular formula is C25H23Cl2F2N3O4. The molecule has 2 N–H and O–H groups in total. The fourth-order valence-electron chi connectivity index (χ4n) is 3.87. The lowest BCUT2D eigenvalue weighted by molar-refractivity contribution is 0.152. The predicted molar refractivity (Wildman–Crippen MR) is 135 cm³/mol. The second-order valence-corrected chi connectivity index (χ2v) is 9.66. The number of carboxylic acid groups (broad SMARTS) is 2. The van der Waals surface area contributed by atoms with Gasteiger partial charge in [0, 0.05) is 34.3 Å². The van der Waals surface area contributed by atoms with E-state index in [1.165, 1.54) is 29.3 Å². The van der Waals surface area contributed by atoms with E-state index in [0.29, 0.717) is 17.5 Å². The van der Waals surface area contributed by atoms with Gasteiger partial charge < -0.3 is 10.2 Å². The van der Waals surface area contributed by atoms with Crippen molar-refractivity contribution in [1.82, 2.24) is 14.5 Å². The van der Waals surface area contributed by atoms with Crippen LogP contribution in [0.15, 0.2) is 54.8 Å². The summed E-state index contributed by atoms with van der Waals surface area (Å²) in [6.07, 6.45) is 1.77. The van der Waals surface area contributed by atoms with Gasteiger partial charge in [0.15, 0.2) is 5.65 Å².